The first-order valence-corrected chi connectivity index (χ1v) is 5.12. The highest BCUT2D eigenvalue weighted by atomic mass is 79.9. The van der Waals surface area contributed by atoms with Crippen LogP contribution < -0.4 is 0 Å². The zero-order valence-electron chi connectivity index (χ0n) is 6.39. The van der Waals surface area contributed by atoms with Crippen molar-refractivity contribution in [2.24, 2.45) is 0 Å². The average Bonchev–Trinajstić information content (AvgIpc) is 2.09. The van der Waals surface area contributed by atoms with E-state index in [1.807, 2.05) is 12.1 Å². The molecule has 1 heterocycles. The molecule has 0 aliphatic rings. The summed E-state index contributed by atoms with van der Waals surface area (Å²) in [6.07, 6.45) is 1.67. The van der Waals surface area contributed by atoms with Crippen molar-refractivity contribution in [3.63, 3.8) is 0 Å². The van der Waals surface area contributed by atoms with Gasteiger partial charge < -0.3 is 0 Å². The summed E-state index contributed by atoms with van der Waals surface area (Å²) < 4.78 is 0.865. The second-order valence-corrected chi connectivity index (χ2v) is 4.21. The van der Waals surface area contributed by atoms with Crippen molar-refractivity contribution in [2.45, 2.75) is 0 Å². The first-order valence-electron chi connectivity index (χ1n) is 3.58. The van der Waals surface area contributed by atoms with E-state index in [0.717, 1.165) is 15.2 Å². The van der Waals surface area contributed by atoms with Gasteiger partial charge in [0.25, 0.3) is 0 Å². The Labute approximate surface area is 93.8 Å². The monoisotopic (exact) mass is 275 g/mol. The Morgan fingerprint density at radius 2 is 2.00 bits per heavy atom. The molecule has 4 heteroatoms. The molecule has 2 rings (SSSR count). The summed E-state index contributed by atoms with van der Waals surface area (Å²) in [5.74, 6) is 0. The fourth-order valence-electron chi connectivity index (χ4n) is 1.13. The van der Waals surface area contributed by atoms with Crippen LogP contribution in [0.4, 0.5) is 0 Å². The van der Waals surface area contributed by atoms with Gasteiger partial charge in [0, 0.05) is 16.1 Å². The summed E-state index contributed by atoms with van der Waals surface area (Å²) in [4.78, 5) is 3.97. The van der Waals surface area contributed by atoms with Gasteiger partial charge in [-0.3, -0.25) is 0 Å². The number of halogens is 3. The van der Waals surface area contributed by atoms with Gasteiger partial charge in [0.2, 0.25) is 0 Å². The Bertz CT molecular complexity index is 470. The number of pyridine rings is 1. The van der Waals surface area contributed by atoms with Gasteiger partial charge in [-0.1, -0.05) is 23.2 Å². The topological polar surface area (TPSA) is 12.9 Å². The third-order valence-electron chi connectivity index (χ3n) is 1.76. The van der Waals surface area contributed by atoms with Crippen LogP contribution in [0.3, 0.4) is 0 Å². The van der Waals surface area contributed by atoms with E-state index < -0.39 is 0 Å². The molecule has 0 bridgehead atoms. The zero-order valence-corrected chi connectivity index (χ0v) is 9.49. The number of hydrogen-bond acceptors (Lipinski definition) is 1. The van der Waals surface area contributed by atoms with Crippen LogP contribution in [0.2, 0.25) is 10.2 Å². The third-order valence-corrected chi connectivity index (χ3v) is 3.25. The molecular weight excluding hydrogens is 273 g/mol. The molecule has 2 aromatic rings. The van der Waals surface area contributed by atoms with E-state index in [4.69, 9.17) is 23.2 Å². The van der Waals surface area contributed by atoms with Crippen molar-refractivity contribution in [1.29, 1.82) is 0 Å². The molecule has 0 N–H and O–H groups in total. The van der Waals surface area contributed by atoms with E-state index in [9.17, 15) is 0 Å². The molecule has 0 atom stereocenters. The third kappa shape index (κ3) is 1.66. The Morgan fingerprint density at radius 1 is 1.23 bits per heavy atom. The predicted molar refractivity (Wildman–Crippen MR) is 59.5 cm³/mol. The zero-order chi connectivity index (χ0) is 9.42. The van der Waals surface area contributed by atoms with E-state index in [1.165, 1.54) is 0 Å². The Morgan fingerprint density at radius 3 is 2.77 bits per heavy atom. The number of benzene rings is 1. The minimum Gasteiger partial charge on any atom is -0.244 e. The molecule has 13 heavy (non-hydrogen) atoms. The quantitative estimate of drug-likeness (QED) is 0.654. The summed E-state index contributed by atoms with van der Waals surface area (Å²) in [6, 6.07) is 5.61. The molecule has 0 saturated heterocycles. The molecule has 0 spiro atoms. The molecule has 1 aromatic carbocycles. The maximum atomic E-state index is 5.93. The number of aromatic nitrogens is 1. The molecule has 0 fully saturated rings. The van der Waals surface area contributed by atoms with Crippen molar-refractivity contribution in [3.05, 3.63) is 39.0 Å². The molecule has 1 nitrogen and oxygen atoms in total. The van der Waals surface area contributed by atoms with Gasteiger partial charge >= 0.3 is 0 Å². The van der Waals surface area contributed by atoms with Crippen LogP contribution in [0.1, 0.15) is 0 Å². The summed E-state index contributed by atoms with van der Waals surface area (Å²) in [6.45, 7) is 0. The number of rotatable bonds is 0. The van der Waals surface area contributed by atoms with Crippen LogP contribution in [0.5, 0.6) is 0 Å². The number of nitrogens with zero attached hydrogens (tertiary/aromatic N) is 1. The second-order valence-electron chi connectivity index (χ2n) is 2.59. The van der Waals surface area contributed by atoms with Crippen LogP contribution in [0.15, 0.2) is 28.9 Å². The van der Waals surface area contributed by atoms with E-state index >= 15 is 0 Å². The number of fused-ring (bicyclic) bond motifs is 1. The minimum atomic E-state index is 0.479. The predicted octanol–water partition coefficient (Wildman–Crippen LogP) is 4.30. The van der Waals surface area contributed by atoms with Crippen LogP contribution in [0, 0.1) is 0 Å². The normalized spacial score (nSPS) is 10.7. The first kappa shape index (κ1) is 9.25. The lowest BCUT2D eigenvalue weighted by atomic mass is 10.2. The van der Waals surface area contributed by atoms with Gasteiger partial charge in [0.05, 0.1) is 5.02 Å². The van der Waals surface area contributed by atoms with Crippen molar-refractivity contribution in [2.75, 3.05) is 0 Å². The standard InChI is InChI=1S/C9H4BrCl2N/c10-7-3-5-1-2-13-9(12)6(5)4-8(7)11/h1-4H. The summed E-state index contributed by atoms with van der Waals surface area (Å²) in [5.41, 5.74) is 0. The maximum Gasteiger partial charge on any atom is 0.136 e. The molecular formula is C9H4BrCl2N. The molecule has 0 amide bonds. The second kappa shape index (κ2) is 3.45. The first-order chi connectivity index (χ1) is 6.18. The smallest absolute Gasteiger partial charge is 0.136 e. The van der Waals surface area contributed by atoms with E-state index in [2.05, 4.69) is 20.9 Å². The lowest BCUT2D eigenvalue weighted by Gasteiger charge is -2.01. The van der Waals surface area contributed by atoms with Gasteiger partial charge in [0.1, 0.15) is 5.15 Å². The van der Waals surface area contributed by atoms with Gasteiger partial charge in [-0.2, -0.15) is 0 Å². The van der Waals surface area contributed by atoms with Gasteiger partial charge in [0.15, 0.2) is 0 Å². The summed E-state index contributed by atoms with van der Waals surface area (Å²) >= 11 is 15.2. The van der Waals surface area contributed by atoms with Gasteiger partial charge in [-0.25, -0.2) is 4.98 Å². The average molecular weight is 277 g/mol. The SMILES string of the molecule is Clc1cc2c(Cl)nccc2cc1Br. The molecule has 0 saturated carbocycles. The lowest BCUT2D eigenvalue weighted by molar-refractivity contribution is 1.36. The highest BCUT2D eigenvalue weighted by molar-refractivity contribution is 9.10. The Hall–Kier alpha value is -0.310. The number of hydrogen-bond donors (Lipinski definition) is 0. The highest BCUT2D eigenvalue weighted by Crippen LogP contribution is 2.30. The van der Waals surface area contributed by atoms with Crippen molar-refractivity contribution < 1.29 is 0 Å². The van der Waals surface area contributed by atoms with Crippen molar-refractivity contribution in [3.8, 4) is 0 Å². The van der Waals surface area contributed by atoms with Crippen LogP contribution in [0.25, 0.3) is 10.8 Å². The van der Waals surface area contributed by atoms with E-state index in [0.29, 0.717) is 10.2 Å². The molecule has 0 aliphatic heterocycles. The molecule has 1 aromatic heterocycles. The van der Waals surface area contributed by atoms with Crippen LogP contribution in [-0.4, -0.2) is 4.98 Å². The largest absolute Gasteiger partial charge is 0.244 e. The van der Waals surface area contributed by atoms with E-state index in [-0.39, 0.29) is 0 Å². The van der Waals surface area contributed by atoms with Crippen molar-refractivity contribution >= 4 is 49.9 Å². The van der Waals surface area contributed by atoms with Gasteiger partial charge in [-0.05, 0) is 39.5 Å². The summed E-state index contributed by atoms with van der Waals surface area (Å²) in [7, 11) is 0. The minimum absolute atomic E-state index is 0.479. The van der Waals surface area contributed by atoms with Gasteiger partial charge in [-0.15, -0.1) is 0 Å². The van der Waals surface area contributed by atoms with Crippen LogP contribution >= 0.6 is 39.1 Å². The van der Waals surface area contributed by atoms with Crippen LogP contribution in [-0.2, 0) is 0 Å². The molecule has 0 aliphatic carbocycles. The highest BCUT2D eigenvalue weighted by Gasteiger charge is 2.03. The summed E-state index contributed by atoms with van der Waals surface area (Å²) in [5, 5.41) is 3.02. The Kier molecular flexibility index (Phi) is 2.45. The molecule has 66 valence electrons. The molecule has 0 unspecified atom stereocenters. The fraction of sp³-hybridized carbons (Fsp3) is 0. The Balaban J connectivity index is 2.89. The lowest BCUT2D eigenvalue weighted by Crippen LogP contribution is -1.79. The van der Waals surface area contributed by atoms with E-state index in [1.54, 1.807) is 12.3 Å². The van der Waals surface area contributed by atoms with Crippen molar-refractivity contribution in [1.82, 2.24) is 4.98 Å². The molecule has 0 radical (unpaired) electrons. The maximum absolute atomic E-state index is 5.93. The fourth-order valence-corrected chi connectivity index (χ4v) is 1.88.